The van der Waals surface area contributed by atoms with Crippen LogP contribution in [0.4, 0.5) is 0 Å². The topological polar surface area (TPSA) is 35.5 Å². The quantitative estimate of drug-likeness (QED) is 0.522. The molecule has 9 heavy (non-hydrogen) atoms. The molecule has 0 aromatic carbocycles. The molecule has 0 amide bonds. The zero-order valence-electron chi connectivity index (χ0n) is 6.39. The first-order chi connectivity index (χ1) is 4.22. The van der Waals surface area contributed by atoms with E-state index in [0.717, 1.165) is 6.54 Å². The van der Waals surface area contributed by atoms with E-state index in [1.54, 1.807) is 0 Å². The monoisotopic (exact) mass is 132 g/mol. The van der Waals surface area contributed by atoms with Gasteiger partial charge < -0.3 is 15.3 Å². The van der Waals surface area contributed by atoms with Crippen LogP contribution in [0.1, 0.15) is 0 Å². The van der Waals surface area contributed by atoms with E-state index in [1.165, 1.54) is 0 Å². The van der Waals surface area contributed by atoms with Crippen molar-refractivity contribution in [2.24, 2.45) is 0 Å². The van der Waals surface area contributed by atoms with Crippen LogP contribution >= 0.6 is 0 Å². The Balaban J connectivity index is 3.41. The van der Waals surface area contributed by atoms with Crippen LogP contribution in [-0.2, 0) is 0 Å². The summed E-state index contributed by atoms with van der Waals surface area (Å²) in [5.41, 5.74) is 0. The fourth-order valence-electron chi connectivity index (χ4n) is 0.646. The van der Waals surface area contributed by atoms with Crippen LogP contribution in [0.15, 0.2) is 0 Å². The van der Waals surface area contributed by atoms with Gasteiger partial charge in [0.2, 0.25) is 0 Å². The Morgan fingerprint density at radius 3 is 2.22 bits per heavy atom. The fourth-order valence-corrected chi connectivity index (χ4v) is 0.646. The van der Waals surface area contributed by atoms with Crippen LogP contribution in [0, 0.1) is 0 Å². The van der Waals surface area contributed by atoms with E-state index in [1.807, 2.05) is 26.0 Å². The molecule has 3 nitrogen and oxygen atoms in total. The van der Waals surface area contributed by atoms with Crippen LogP contribution in [0.25, 0.3) is 0 Å². The predicted molar refractivity (Wildman–Crippen MR) is 38.5 cm³/mol. The molecule has 56 valence electrons. The van der Waals surface area contributed by atoms with E-state index in [9.17, 15) is 0 Å². The average molecular weight is 132 g/mol. The van der Waals surface area contributed by atoms with Gasteiger partial charge in [-0.2, -0.15) is 0 Å². The zero-order valence-corrected chi connectivity index (χ0v) is 6.39. The highest BCUT2D eigenvalue weighted by atomic mass is 16.3. The van der Waals surface area contributed by atoms with Crippen molar-refractivity contribution < 1.29 is 5.11 Å². The lowest BCUT2D eigenvalue weighted by Gasteiger charge is -2.20. The minimum atomic E-state index is 0.216. The smallest absolute Gasteiger partial charge is 0.0599 e. The van der Waals surface area contributed by atoms with Crippen molar-refractivity contribution in [3.8, 4) is 0 Å². The Labute approximate surface area is 56.7 Å². The highest BCUT2D eigenvalue weighted by Crippen LogP contribution is 1.87. The predicted octanol–water partition coefficient (Wildman–Crippen LogP) is -0.872. The summed E-state index contributed by atoms with van der Waals surface area (Å²) in [5, 5.41) is 11.7. The largest absolute Gasteiger partial charge is 0.395 e. The molecule has 0 saturated carbocycles. The molecular formula is C6H16N2O. The summed E-state index contributed by atoms with van der Waals surface area (Å²) in [4.78, 5) is 2.00. The van der Waals surface area contributed by atoms with E-state index >= 15 is 0 Å². The molecule has 0 aliphatic carbocycles. The standard InChI is InChI=1S/C6H16N2O/c1-7-4-6(5-9)8(2)3/h6-7,9H,4-5H2,1-3H3/t6-/m1/s1. The minimum absolute atomic E-state index is 0.216. The van der Waals surface area contributed by atoms with Crippen molar-refractivity contribution in [3.63, 3.8) is 0 Å². The molecule has 0 bridgehead atoms. The molecule has 0 aliphatic heterocycles. The number of rotatable bonds is 4. The lowest BCUT2D eigenvalue weighted by Crippen LogP contribution is -2.39. The van der Waals surface area contributed by atoms with Gasteiger partial charge >= 0.3 is 0 Å². The Bertz CT molecular complexity index is 66.1. The number of nitrogens with zero attached hydrogens (tertiary/aromatic N) is 1. The van der Waals surface area contributed by atoms with Gasteiger partial charge in [0.1, 0.15) is 0 Å². The van der Waals surface area contributed by atoms with E-state index in [-0.39, 0.29) is 12.6 Å². The van der Waals surface area contributed by atoms with E-state index < -0.39 is 0 Å². The SMILES string of the molecule is CNC[C@H](CO)N(C)C. The molecule has 0 aromatic heterocycles. The maximum atomic E-state index is 8.75. The van der Waals surface area contributed by atoms with Crippen molar-refractivity contribution in [3.05, 3.63) is 0 Å². The number of aliphatic hydroxyl groups is 1. The van der Waals surface area contributed by atoms with Crippen molar-refractivity contribution in [2.45, 2.75) is 6.04 Å². The third kappa shape index (κ3) is 3.46. The molecule has 0 unspecified atom stereocenters. The zero-order chi connectivity index (χ0) is 7.28. The Morgan fingerprint density at radius 1 is 1.56 bits per heavy atom. The normalized spacial score (nSPS) is 14.3. The summed E-state index contributed by atoms with van der Waals surface area (Å²) in [7, 11) is 5.79. The molecule has 2 N–H and O–H groups in total. The summed E-state index contributed by atoms with van der Waals surface area (Å²) < 4.78 is 0. The third-order valence-corrected chi connectivity index (χ3v) is 1.38. The number of hydrogen-bond acceptors (Lipinski definition) is 3. The van der Waals surface area contributed by atoms with E-state index in [0.29, 0.717) is 0 Å². The van der Waals surface area contributed by atoms with Gasteiger partial charge in [-0.25, -0.2) is 0 Å². The van der Waals surface area contributed by atoms with Crippen molar-refractivity contribution in [1.82, 2.24) is 10.2 Å². The second-order valence-corrected chi connectivity index (χ2v) is 2.36. The van der Waals surface area contributed by atoms with Gasteiger partial charge in [0.05, 0.1) is 6.61 Å². The summed E-state index contributed by atoms with van der Waals surface area (Å²) in [5.74, 6) is 0. The highest BCUT2D eigenvalue weighted by Gasteiger charge is 2.06. The number of nitrogens with one attached hydrogen (secondary N) is 1. The first kappa shape index (κ1) is 8.88. The minimum Gasteiger partial charge on any atom is -0.395 e. The molecule has 0 fully saturated rings. The Kier molecular flexibility index (Phi) is 4.67. The fraction of sp³-hybridized carbons (Fsp3) is 1.00. The van der Waals surface area contributed by atoms with Crippen LogP contribution in [-0.4, -0.2) is 50.3 Å². The van der Waals surface area contributed by atoms with Crippen LogP contribution in [0.3, 0.4) is 0 Å². The summed E-state index contributed by atoms with van der Waals surface area (Å²) in [6.07, 6.45) is 0. The molecular weight excluding hydrogens is 116 g/mol. The lowest BCUT2D eigenvalue weighted by molar-refractivity contribution is 0.168. The number of likely N-dealkylation sites (N-methyl/N-ethyl adjacent to an activating group) is 2. The Morgan fingerprint density at radius 2 is 2.11 bits per heavy atom. The van der Waals surface area contributed by atoms with Crippen LogP contribution in [0.2, 0.25) is 0 Å². The molecule has 0 aromatic rings. The van der Waals surface area contributed by atoms with Crippen molar-refractivity contribution in [2.75, 3.05) is 34.3 Å². The molecule has 0 rings (SSSR count). The number of aliphatic hydroxyl groups excluding tert-OH is 1. The second-order valence-electron chi connectivity index (χ2n) is 2.36. The first-order valence-corrected chi connectivity index (χ1v) is 3.14. The van der Waals surface area contributed by atoms with Gasteiger partial charge in [0.15, 0.2) is 0 Å². The maximum Gasteiger partial charge on any atom is 0.0599 e. The van der Waals surface area contributed by atoms with Crippen LogP contribution in [0.5, 0.6) is 0 Å². The summed E-state index contributed by atoms with van der Waals surface area (Å²) in [6, 6.07) is 0.245. The number of hydrogen-bond donors (Lipinski definition) is 2. The van der Waals surface area contributed by atoms with Gasteiger partial charge in [-0.05, 0) is 21.1 Å². The van der Waals surface area contributed by atoms with Crippen molar-refractivity contribution in [1.29, 1.82) is 0 Å². The Hall–Kier alpha value is -0.120. The van der Waals surface area contributed by atoms with Crippen molar-refractivity contribution >= 4 is 0 Å². The van der Waals surface area contributed by atoms with Gasteiger partial charge in [-0.1, -0.05) is 0 Å². The molecule has 3 heteroatoms. The molecule has 0 aliphatic rings. The van der Waals surface area contributed by atoms with Gasteiger partial charge in [-0.3, -0.25) is 0 Å². The summed E-state index contributed by atoms with van der Waals surface area (Å²) >= 11 is 0. The highest BCUT2D eigenvalue weighted by molar-refractivity contribution is 4.65. The molecule has 0 heterocycles. The summed E-state index contributed by atoms with van der Waals surface area (Å²) in [6.45, 7) is 1.05. The average Bonchev–Trinajstić information content (AvgIpc) is 1.82. The van der Waals surface area contributed by atoms with Crippen LogP contribution < -0.4 is 5.32 Å². The van der Waals surface area contributed by atoms with Gasteiger partial charge in [-0.15, -0.1) is 0 Å². The maximum absolute atomic E-state index is 8.75. The van der Waals surface area contributed by atoms with Gasteiger partial charge in [0.25, 0.3) is 0 Å². The lowest BCUT2D eigenvalue weighted by atomic mass is 10.3. The molecule has 0 radical (unpaired) electrons. The van der Waals surface area contributed by atoms with Gasteiger partial charge in [0, 0.05) is 12.6 Å². The molecule has 1 atom stereocenters. The second kappa shape index (κ2) is 4.73. The molecule has 0 saturated heterocycles. The molecule has 0 spiro atoms. The van der Waals surface area contributed by atoms with E-state index in [2.05, 4.69) is 5.32 Å². The first-order valence-electron chi connectivity index (χ1n) is 3.14. The van der Waals surface area contributed by atoms with E-state index in [4.69, 9.17) is 5.11 Å². The third-order valence-electron chi connectivity index (χ3n) is 1.38.